The molecule has 1 aromatic heterocycles. The van der Waals surface area contributed by atoms with Gasteiger partial charge in [0.2, 0.25) is 5.91 Å². The Bertz CT molecular complexity index is 541. The smallest absolute Gasteiger partial charge is 0.237 e. The molecule has 1 aliphatic carbocycles. The number of halogens is 1. The van der Waals surface area contributed by atoms with Crippen molar-refractivity contribution in [1.82, 2.24) is 20.2 Å². The largest absolute Gasteiger partial charge is 0.353 e. The van der Waals surface area contributed by atoms with Crippen molar-refractivity contribution in [2.45, 2.75) is 44.7 Å². The lowest BCUT2D eigenvalue weighted by Gasteiger charge is -2.38. The van der Waals surface area contributed by atoms with Gasteiger partial charge in [0, 0.05) is 32.2 Å². The monoisotopic (exact) mass is 337 g/mol. The number of hydrogen-bond acceptors (Lipinski definition) is 5. The highest BCUT2D eigenvalue weighted by Crippen LogP contribution is 2.19. The van der Waals surface area contributed by atoms with Crippen LogP contribution in [-0.4, -0.2) is 59.0 Å². The molecule has 0 unspecified atom stereocenters. The number of nitrogens with zero attached hydrogens (tertiary/aromatic N) is 4. The number of aromatic nitrogens is 2. The van der Waals surface area contributed by atoms with Gasteiger partial charge in [0.1, 0.15) is 11.0 Å². The van der Waals surface area contributed by atoms with Crippen LogP contribution in [0.25, 0.3) is 0 Å². The molecule has 126 valence electrons. The lowest BCUT2D eigenvalue weighted by Crippen LogP contribution is -2.55. The summed E-state index contributed by atoms with van der Waals surface area (Å²) in [7, 11) is 0. The molecule has 1 aromatic rings. The Hall–Kier alpha value is -1.40. The van der Waals surface area contributed by atoms with Crippen LogP contribution in [-0.2, 0) is 4.79 Å². The first kappa shape index (κ1) is 16.5. The molecule has 0 radical (unpaired) electrons. The molecule has 0 bridgehead atoms. The topological polar surface area (TPSA) is 61.4 Å². The van der Waals surface area contributed by atoms with E-state index in [9.17, 15) is 4.79 Å². The van der Waals surface area contributed by atoms with Crippen LogP contribution < -0.4 is 10.2 Å². The maximum absolute atomic E-state index is 12.4. The van der Waals surface area contributed by atoms with Crippen LogP contribution >= 0.6 is 11.6 Å². The van der Waals surface area contributed by atoms with E-state index >= 15 is 0 Å². The molecule has 2 heterocycles. The first-order valence-electron chi connectivity index (χ1n) is 8.40. The Morgan fingerprint density at radius 2 is 1.96 bits per heavy atom. The maximum Gasteiger partial charge on any atom is 0.237 e. The third-order valence-electron chi connectivity index (χ3n) is 4.86. The van der Waals surface area contributed by atoms with Gasteiger partial charge in [0.25, 0.3) is 0 Å². The van der Waals surface area contributed by atoms with Crippen molar-refractivity contribution < 1.29 is 4.79 Å². The van der Waals surface area contributed by atoms with Gasteiger partial charge in [-0.1, -0.05) is 24.4 Å². The van der Waals surface area contributed by atoms with E-state index in [1.165, 1.54) is 19.0 Å². The number of nitrogens with one attached hydrogen (secondary N) is 1. The van der Waals surface area contributed by atoms with E-state index in [0.29, 0.717) is 11.2 Å². The highest BCUT2D eigenvalue weighted by molar-refractivity contribution is 6.29. The number of carbonyl (C=O) groups is 1. The summed E-state index contributed by atoms with van der Waals surface area (Å²) in [5, 5.41) is 3.60. The van der Waals surface area contributed by atoms with Crippen LogP contribution in [0.15, 0.2) is 12.4 Å². The maximum atomic E-state index is 12.4. The summed E-state index contributed by atoms with van der Waals surface area (Å²) in [5.74, 6) is 0.966. The molecule has 2 aliphatic rings. The SMILES string of the molecule is C[C@H](C(=O)NC1CCCC1)N1CCN(c2cncc(Cl)n2)CC1. The van der Waals surface area contributed by atoms with E-state index < -0.39 is 0 Å². The van der Waals surface area contributed by atoms with Crippen LogP contribution in [0.1, 0.15) is 32.6 Å². The predicted molar refractivity (Wildman–Crippen MR) is 90.7 cm³/mol. The van der Waals surface area contributed by atoms with Crippen LogP contribution in [0.3, 0.4) is 0 Å². The van der Waals surface area contributed by atoms with Gasteiger partial charge >= 0.3 is 0 Å². The molecule has 1 atom stereocenters. The van der Waals surface area contributed by atoms with Crippen molar-refractivity contribution in [1.29, 1.82) is 0 Å². The molecule has 2 fully saturated rings. The zero-order valence-electron chi connectivity index (χ0n) is 13.5. The van der Waals surface area contributed by atoms with Gasteiger partial charge in [0.15, 0.2) is 0 Å². The highest BCUT2D eigenvalue weighted by atomic mass is 35.5. The number of piperazine rings is 1. The van der Waals surface area contributed by atoms with Crippen molar-refractivity contribution in [2.24, 2.45) is 0 Å². The second-order valence-corrected chi connectivity index (χ2v) is 6.78. The standard InChI is InChI=1S/C16H24ClN5O/c1-12(16(23)19-13-4-2-3-5-13)21-6-8-22(9-7-21)15-11-18-10-14(17)20-15/h10-13H,2-9H2,1H3,(H,19,23)/t12-/m1/s1. The molecule has 0 aromatic carbocycles. The van der Waals surface area contributed by atoms with E-state index in [1.54, 1.807) is 6.20 Å². The summed E-state index contributed by atoms with van der Waals surface area (Å²) in [5.41, 5.74) is 0. The zero-order valence-corrected chi connectivity index (χ0v) is 14.3. The molecule has 3 rings (SSSR count). The van der Waals surface area contributed by atoms with E-state index in [-0.39, 0.29) is 11.9 Å². The third-order valence-corrected chi connectivity index (χ3v) is 5.04. The van der Waals surface area contributed by atoms with E-state index in [1.807, 2.05) is 6.92 Å². The van der Waals surface area contributed by atoms with Gasteiger partial charge in [-0.05, 0) is 19.8 Å². The minimum Gasteiger partial charge on any atom is -0.353 e. The minimum atomic E-state index is -0.0804. The van der Waals surface area contributed by atoms with Crippen LogP contribution in [0.5, 0.6) is 0 Å². The lowest BCUT2D eigenvalue weighted by atomic mass is 10.2. The summed E-state index contributed by atoms with van der Waals surface area (Å²) in [4.78, 5) is 25.2. The van der Waals surface area contributed by atoms with Gasteiger partial charge in [-0.3, -0.25) is 14.7 Å². The Morgan fingerprint density at radius 1 is 1.26 bits per heavy atom. The van der Waals surface area contributed by atoms with E-state index in [0.717, 1.165) is 44.8 Å². The number of rotatable bonds is 4. The summed E-state index contributed by atoms with van der Waals surface area (Å²) in [6.07, 6.45) is 7.99. The fourth-order valence-corrected chi connectivity index (χ4v) is 3.52. The van der Waals surface area contributed by atoms with Crippen LogP contribution in [0.4, 0.5) is 5.82 Å². The van der Waals surface area contributed by atoms with E-state index in [4.69, 9.17) is 11.6 Å². The van der Waals surface area contributed by atoms with Crippen molar-refractivity contribution in [3.8, 4) is 0 Å². The number of carbonyl (C=O) groups excluding carboxylic acids is 1. The summed E-state index contributed by atoms with van der Waals surface area (Å²) in [6.45, 7) is 5.34. The van der Waals surface area contributed by atoms with E-state index in [2.05, 4.69) is 25.1 Å². The molecule has 7 heteroatoms. The quantitative estimate of drug-likeness (QED) is 0.906. The molecule has 1 aliphatic heterocycles. The fourth-order valence-electron chi connectivity index (χ4n) is 3.38. The Kier molecular flexibility index (Phi) is 5.33. The average Bonchev–Trinajstić information content (AvgIpc) is 3.07. The first-order chi connectivity index (χ1) is 11.1. The van der Waals surface area contributed by atoms with Crippen molar-refractivity contribution in [3.63, 3.8) is 0 Å². The molecule has 1 saturated carbocycles. The van der Waals surface area contributed by atoms with Crippen molar-refractivity contribution >= 4 is 23.3 Å². The minimum absolute atomic E-state index is 0.0804. The molecule has 1 amide bonds. The van der Waals surface area contributed by atoms with Gasteiger partial charge < -0.3 is 10.2 Å². The van der Waals surface area contributed by atoms with Crippen LogP contribution in [0, 0.1) is 0 Å². The van der Waals surface area contributed by atoms with Crippen LogP contribution in [0.2, 0.25) is 5.15 Å². The Balaban J connectivity index is 1.50. The molecule has 1 N–H and O–H groups in total. The molecular formula is C16H24ClN5O. The lowest BCUT2D eigenvalue weighted by molar-refractivity contribution is -0.126. The van der Waals surface area contributed by atoms with Crippen molar-refractivity contribution in [2.75, 3.05) is 31.1 Å². The highest BCUT2D eigenvalue weighted by Gasteiger charge is 2.28. The molecule has 0 spiro atoms. The number of anilines is 1. The predicted octanol–water partition coefficient (Wildman–Crippen LogP) is 1.70. The molecule has 23 heavy (non-hydrogen) atoms. The number of amides is 1. The summed E-state index contributed by atoms with van der Waals surface area (Å²) >= 11 is 5.90. The Labute approximate surface area is 142 Å². The zero-order chi connectivity index (χ0) is 16.2. The average molecular weight is 338 g/mol. The number of hydrogen-bond donors (Lipinski definition) is 1. The van der Waals surface area contributed by atoms with Crippen molar-refractivity contribution in [3.05, 3.63) is 17.5 Å². The van der Waals surface area contributed by atoms with Gasteiger partial charge in [-0.25, -0.2) is 4.98 Å². The van der Waals surface area contributed by atoms with Gasteiger partial charge in [-0.2, -0.15) is 0 Å². The Morgan fingerprint density at radius 3 is 2.61 bits per heavy atom. The van der Waals surface area contributed by atoms with Gasteiger partial charge in [0.05, 0.1) is 18.4 Å². The second-order valence-electron chi connectivity index (χ2n) is 6.39. The molecular weight excluding hydrogens is 314 g/mol. The molecule has 6 nitrogen and oxygen atoms in total. The molecule has 1 saturated heterocycles. The summed E-state index contributed by atoms with van der Waals surface area (Å²) < 4.78 is 0. The second kappa shape index (κ2) is 7.45. The van der Waals surface area contributed by atoms with Gasteiger partial charge in [-0.15, -0.1) is 0 Å². The normalized spacial score (nSPS) is 21.4. The third kappa shape index (κ3) is 4.12. The first-order valence-corrected chi connectivity index (χ1v) is 8.78. The fraction of sp³-hybridized carbons (Fsp3) is 0.688. The summed E-state index contributed by atoms with van der Waals surface area (Å²) in [6, 6.07) is 0.302.